The van der Waals surface area contributed by atoms with Gasteiger partial charge in [-0.05, 0) is 13.0 Å². The minimum Gasteiger partial charge on any atom is -0.467 e. The maximum atomic E-state index is 10.5. The Hall–Kier alpha value is -0.830. The highest BCUT2D eigenvalue weighted by Gasteiger charge is 2.26. The Morgan fingerprint density at radius 1 is 1.89 bits per heavy atom. The molecule has 3 heteroatoms. The number of carbonyl (C=O) groups is 1. The number of ether oxygens (including phenoxy) is 1. The molecule has 0 aliphatic carbocycles. The highest BCUT2D eigenvalue weighted by Crippen LogP contribution is 2.04. The molecule has 0 fully saturated rings. The van der Waals surface area contributed by atoms with Gasteiger partial charge in [-0.15, -0.1) is 0 Å². The quantitative estimate of drug-likeness (QED) is 0.426. The molecular formula is C6H10O3. The zero-order chi connectivity index (χ0) is 7.49. The van der Waals surface area contributed by atoms with E-state index in [2.05, 4.69) is 11.3 Å². The van der Waals surface area contributed by atoms with Crippen LogP contribution in [0.1, 0.15) is 6.92 Å². The van der Waals surface area contributed by atoms with Crippen molar-refractivity contribution in [1.82, 2.24) is 0 Å². The molecule has 0 saturated carbocycles. The van der Waals surface area contributed by atoms with E-state index < -0.39 is 11.6 Å². The predicted octanol–water partition coefficient (Wildman–Crippen LogP) is 0.0964. The second-order valence-corrected chi connectivity index (χ2v) is 1.84. The first-order valence-corrected chi connectivity index (χ1v) is 2.49. The highest BCUT2D eigenvalue weighted by atomic mass is 16.5. The van der Waals surface area contributed by atoms with E-state index in [1.54, 1.807) is 0 Å². The third-order valence-corrected chi connectivity index (χ3v) is 0.996. The Morgan fingerprint density at radius 3 is 2.44 bits per heavy atom. The maximum absolute atomic E-state index is 10.5. The van der Waals surface area contributed by atoms with Crippen molar-refractivity contribution in [2.45, 2.75) is 12.5 Å². The van der Waals surface area contributed by atoms with Crippen LogP contribution in [0, 0.1) is 0 Å². The number of aliphatic hydroxyl groups is 1. The molecule has 0 aromatic rings. The molecule has 0 rings (SSSR count). The summed E-state index contributed by atoms with van der Waals surface area (Å²) in [5, 5.41) is 9.00. The van der Waals surface area contributed by atoms with Gasteiger partial charge in [0.1, 0.15) is 0 Å². The molecule has 3 nitrogen and oxygen atoms in total. The standard InChI is InChI=1S/C6H10O3/c1-4-6(2,8)5(7)9-3/h4,8H,1H2,2-3H3. The first-order valence-electron chi connectivity index (χ1n) is 2.49. The molecule has 1 unspecified atom stereocenters. The Morgan fingerprint density at radius 2 is 2.33 bits per heavy atom. The molecule has 0 aliphatic heterocycles. The van der Waals surface area contributed by atoms with Crippen molar-refractivity contribution < 1.29 is 14.6 Å². The summed E-state index contributed by atoms with van der Waals surface area (Å²) in [5.74, 6) is -0.697. The van der Waals surface area contributed by atoms with Crippen molar-refractivity contribution in [2.75, 3.05) is 7.11 Å². The molecule has 1 atom stereocenters. The van der Waals surface area contributed by atoms with Crippen LogP contribution in [0.2, 0.25) is 0 Å². The number of hydrogen-bond acceptors (Lipinski definition) is 3. The van der Waals surface area contributed by atoms with Crippen LogP contribution in [-0.4, -0.2) is 23.8 Å². The molecular weight excluding hydrogens is 120 g/mol. The van der Waals surface area contributed by atoms with Gasteiger partial charge in [0.25, 0.3) is 0 Å². The smallest absolute Gasteiger partial charge is 0.341 e. The van der Waals surface area contributed by atoms with Gasteiger partial charge in [-0.3, -0.25) is 0 Å². The summed E-state index contributed by atoms with van der Waals surface area (Å²) in [4.78, 5) is 10.5. The van der Waals surface area contributed by atoms with Gasteiger partial charge in [-0.1, -0.05) is 6.58 Å². The average Bonchev–Trinajstić information content (AvgIpc) is 1.86. The van der Waals surface area contributed by atoms with Gasteiger partial charge in [-0.2, -0.15) is 0 Å². The molecule has 0 aromatic heterocycles. The predicted molar refractivity (Wildman–Crippen MR) is 32.8 cm³/mol. The molecule has 0 spiro atoms. The summed E-state index contributed by atoms with van der Waals surface area (Å²) in [6.07, 6.45) is 1.12. The highest BCUT2D eigenvalue weighted by molar-refractivity contribution is 5.80. The van der Waals surface area contributed by atoms with Gasteiger partial charge in [0.15, 0.2) is 5.60 Å². The number of esters is 1. The van der Waals surface area contributed by atoms with Crippen LogP contribution in [-0.2, 0) is 9.53 Å². The van der Waals surface area contributed by atoms with Crippen LogP contribution in [0.5, 0.6) is 0 Å². The zero-order valence-electron chi connectivity index (χ0n) is 5.55. The lowest BCUT2D eigenvalue weighted by Gasteiger charge is -2.13. The molecule has 1 N–H and O–H groups in total. The third-order valence-electron chi connectivity index (χ3n) is 0.996. The van der Waals surface area contributed by atoms with Crippen LogP contribution in [0.15, 0.2) is 12.7 Å². The maximum Gasteiger partial charge on any atom is 0.341 e. The number of hydrogen-bond donors (Lipinski definition) is 1. The molecule has 0 aromatic carbocycles. The summed E-state index contributed by atoms with van der Waals surface area (Å²) in [6, 6.07) is 0. The Labute approximate surface area is 53.9 Å². The summed E-state index contributed by atoms with van der Waals surface area (Å²) in [5.41, 5.74) is -1.55. The molecule has 0 heterocycles. The van der Waals surface area contributed by atoms with Gasteiger partial charge >= 0.3 is 5.97 Å². The lowest BCUT2D eigenvalue weighted by atomic mass is 10.1. The average molecular weight is 130 g/mol. The minimum absolute atomic E-state index is 0.697. The van der Waals surface area contributed by atoms with Gasteiger partial charge in [0, 0.05) is 0 Å². The first-order chi connectivity index (χ1) is 4.04. The topological polar surface area (TPSA) is 46.5 Å². The summed E-state index contributed by atoms with van der Waals surface area (Å²) < 4.78 is 4.25. The fourth-order valence-electron chi connectivity index (χ4n) is 0.290. The van der Waals surface area contributed by atoms with E-state index in [0.29, 0.717) is 0 Å². The van der Waals surface area contributed by atoms with Crippen molar-refractivity contribution in [3.05, 3.63) is 12.7 Å². The fourth-order valence-corrected chi connectivity index (χ4v) is 0.290. The van der Waals surface area contributed by atoms with E-state index in [4.69, 9.17) is 5.11 Å². The Balaban J connectivity index is 4.14. The molecule has 0 radical (unpaired) electrons. The van der Waals surface area contributed by atoms with Crippen molar-refractivity contribution in [1.29, 1.82) is 0 Å². The van der Waals surface area contributed by atoms with Crippen LogP contribution in [0.25, 0.3) is 0 Å². The van der Waals surface area contributed by atoms with Gasteiger partial charge in [0.05, 0.1) is 7.11 Å². The summed E-state index contributed by atoms with van der Waals surface area (Å²) >= 11 is 0. The second-order valence-electron chi connectivity index (χ2n) is 1.84. The van der Waals surface area contributed by atoms with E-state index in [0.717, 1.165) is 6.08 Å². The van der Waals surface area contributed by atoms with E-state index >= 15 is 0 Å². The van der Waals surface area contributed by atoms with Crippen molar-refractivity contribution in [3.8, 4) is 0 Å². The van der Waals surface area contributed by atoms with E-state index in [9.17, 15) is 4.79 Å². The van der Waals surface area contributed by atoms with Gasteiger partial charge in [0.2, 0.25) is 0 Å². The SMILES string of the molecule is C=CC(C)(O)C(=O)OC. The van der Waals surface area contributed by atoms with E-state index in [-0.39, 0.29) is 0 Å². The minimum atomic E-state index is -1.55. The van der Waals surface area contributed by atoms with Crippen molar-refractivity contribution in [3.63, 3.8) is 0 Å². The van der Waals surface area contributed by atoms with Crippen molar-refractivity contribution >= 4 is 5.97 Å². The summed E-state index contributed by atoms with van der Waals surface area (Å²) in [7, 11) is 1.21. The fraction of sp³-hybridized carbons (Fsp3) is 0.500. The van der Waals surface area contributed by atoms with E-state index in [1.807, 2.05) is 0 Å². The molecule has 52 valence electrons. The number of methoxy groups -OCH3 is 1. The van der Waals surface area contributed by atoms with E-state index in [1.165, 1.54) is 14.0 Å². The van der Waals surface area contributed by atoms with Gasteiger partial charge in [-0.25, -0.2) is 4.79 Å². The molecule has 0 bridgehead atoms. The van der Waals surface area contributed by atoms with Crippen molar-refractivity contribution in [2.24, 2.45) is 0 Å². The first kappa shape index (κ1) is 8.17. The summed E-state index contributed by atoms with van der Waals surface area (Å²) in [6.45, 7) is 4.56. The monoisotopic (exact) mass is 130 g/mol. The van der Waals surface area contributed by atoms with Gasteiger partial charge < -0.3 is 9.84 Å². The Bertz CT molecular complexity index is 126. The largest absolute Gasteiger partial charge is 0.467 e. The van der Waals surface area contributed by atoms with Crippen LogP contribution < -0.4 is 0 Å². The second kappa shape index (κ2) is 2.64. The lowest BCUT2D eigenvalue weighted by molar-refractivity contribution is -0.155. The molecule has 9 heavy (non-hydrogen) atoms. The third kappa shape index (κ3) is 1.85. The van der Waals surface area contributed by atoms with Crippen LogP contribution in [0.4, 0.5) is 0 Å². The number of carbonyl (C=O) groups excluding carboxylic acids is 1. The number of rotatable bonds is 2. The van der Waals surface area contributed by atoms with Crippen LogP contribution >= 0.6 is 0 Å². The molecule has 0 aliphatic rings. The molecule has 0 amide bonds. The van der Waals surface area contributed by atoms with Crippen LogP contribution in [0.3, 0.4) is 0 Å². The molecule has 0 saturated heterocycles. The normalized spacial score (nSPS) is 15.9. The lowest BCUT2D eigenvalue weighted by Crippen LogP contribution is -2.33. The Kier molecular flexibility index (Phi) is 2.40. The zero-order valence-corrected chi connectivity index (χ0v) is 5.55.